The van der Waals surface area contributed by atoms with Gasteiger partial charge in [0.2, 0.25) is 0 Å². The summed E-state index contributed by atoms with van der Waals surface area (Å²) in [6.45, 7) is 2.44. The molecule has 3 N–H and O–H groups in total. The average molecular weight is 258 g/mol. The molecule has 0 aliphatic rings. The Morgan fingerprint density at radius 2 is 2.11 bits per heavy atom. The number of pyridine rings is 1. The molecule has 0 bridgehead atoms. The second-order valence-corrected chi connectivity index (χ2v) is 4.15. The maximum Gasteiger partial charge on any atom is 0.341 e. The summed E-state index contributed by atoms with van der Waals surface area (Å²) in [5, 5.41) is 8.96. The molecular weight excluding hydrogens is 244 g/mol. The van der Waals surface area contributed by atoms with Crippen molar-refractivity contribution in [2.45, 2.75) is 13.5 Å². The number of carboxylic acids is 1. The van der Waals surface area contributed by atoms with Crippen LogP contribution in [-0.2, 0) is 6.54 Å². The van der Waals surface area contributed by atoms with Crippen LogP contribution in [0.15, 0.2) is 41.3 Å². The smallest absolute Gasteiger partial charge is 0.341 e. The first-order chi connectivity index (χ1) is 9.02. The molecule has 0 saturated heterocycles. The van der Waals surface area contributed by atoms with E-state index in [-0.39, 0.29) is 5.56 Å². The molecule has 2 aromatic rings. The third-order valence-corrected chi connectivity index (χ3v) is 2.88. The quantitative estimate of drug-likeness (QED) is 0.822. The van der Waals surface area contributed by atoms with Crippen LogP contribution in [0.3, 0.4) is 0 Å². The van der Waals surface area contributed by atoms with Gasteiger partial charge in [0.25, 0.3) is 0 Å². The predicted octanol–water partition coefficient (Wildman–Crippen LogP) is 1.82. The number of hydrogen-bond donors (Lipinski definition) is 2. The first-order valence-electron chi connectivity index (χ1n) is 5.86. The number of aryl methyl sites for hydroxylation is 1. The zero-order valence-electron chi connectivity index (χ0n) is 10.5. The molecule has 0 unspecified atom stereocenters. The molecule has 0 fully saturated rings. The minimum Gasteiger partial charge on any atom is -0.477 e. The van der Waals surface area contributed by atoms with Gasteiger partial charge < -0.3 is 15.4 Å². The Morgan fingerprint density at radius 1 is 1.37 bits per heavy atom. The molecule has 2 rings (SSSR count). The molecule has 5 nitrogen and oxygen atoms in total. The monoisotopic (exact) mass is 258 g/mol. The van der Waals surface area contributed by atoms with Crippen molar-refractivity contribution >= 4 is 11.7 Å². The van der Waals surface area contributed by atoms with E-state index in [1.165, 1.54) is 12.3 Å². The average Bonchev–Trinajstić information content (AvgIpc) is 2.38. The molecule has 0 amide bonds. The van der Waals surface area contributed by atoms with Gasteiger partial charge in [-0.05, 0) is 19.1 Å². The van der Waals surface area contributed by atoms with Crippen LogP contribution in [0.4, 0.5) is 5.69 Å². The highest BCUT2D eigenvalue weighted by molar-refractivity contribution is 5.87. The van der Waals surface area contributed by atoms with Crippen LogP contribution in [0.25, 0.3) is 11.3 Å². The van der Waals surface area contributed by atoms with E-state index in [9.17, 15) is 9.59 Å². The van der Waals surface area contributed by atoms with Gasteiger partial charge in [0, 0.05) is 30.1 Å². The van der Waals surface area contributed by atoms with Gasteiger partial charge in [0.15, 0.2) is 5.43 Å². The number of hydrogen-bond acceptors (Lipinski definition) is 3. The highest BCUT2D eigenvalue weighted by atomic mass is 16.4. The highest BCUT2D eigenvalue weighted by Gasteiger charge is 2.12. The molecule has 0 atom stereocenters. The van der Waals surface area contributed by atoms with Crippen LogP contribution in [0.2, 0.25) is 0 Å². The van der Waals surface area contributed by atoms with Crippen LogP contribution < -0.4 is 11.2 Å². The second kappa shape index (κ2) is 4.97. The van der Waals surface area contributed by atoms with E-state index in [2.05, 4.69) is 0 Å². The Bertz CT molecular complexity index is 689. The lowest BCUT2D eigenvalue weighted by Crippen LogP contribution is -2.18. The summed E-state index contributed by atoms with van der Waals surface area (Å²) < 4.78 is 1.72. The molecule has 0 aliphatic heterocycles. The zero-order chi connectivity index (χ0) is 14.0. The first-order valence-corrected chi connectivity index (χ1v) is 5.86. The van der Waals surface area contributed by atoms with Crippen molar-refractivity contribution in [2.24, 2.45) is 0 Å². The van der Waals surface area contributed by atoms with E-state index >= 15 is 0 Å². The van der Waals surface area contributed by atoms with E-state index in [1.807, 2.05) is 13.0 Å². The van der Waals surface area contributed by atoms with Crippen molar-refractivity contribution in [2.75, 3.05) is 5.73 Å². The number of anilines is 1. The summed E-state index contributed by atoms with van der Waals surface area (Å²) in [7, 11) is 0. The van der Waals surface area contributed by atoms with E-state index in [4.69, 9.17) is 10.8 Å². The number of benzene rings is 1. The minimum absolute atomic E-state index is 0.227. The number of nitrogen functional groups attached to an aromatic ring is 1. The van der Waals surface area contributed by atoms with Gasteiger partial charge in [0.05, 0.1) is 5.69 Å². The summed E-state index contributed by atoms with van der Waals surface area (Å²) in [5.41, 5.74) is 7.03. The van der Waals surface area contributed by atoms with E-state index in [1.54, 1.807) is 22.8 Å². The van der Waals surface area contributed by atoms with Crippen molar-refractivity contribution in [3.63, 3.8) is 0 Å². The van der Waals surface area contributed by atoms with Gasteiger partial charge in [-0.25, -0.2) is 4.79 Å². The van der Waals surface area contributed by atoms with Crippen molar-refractivity contribution in [3.05, 3.63) is 52.3 Å². The molecular formula is C14H14N2O3. The third-order valence-electron chi connectivity index (χ3n) is 2.88. The van der Waals surface area contributed by atoms with E-state index in [0.717, 1.165) is 5.56 Å². The fraction of sp³-hybridized carbons (Fsp3) is 0.143. The van der Waals surface area contributed by atoms with Crippen LogP contribution in [-0.4, -0.2) is 15.6 Å². The third kappa shape index (κ3) is 2.49. The normalized spacial score (nSPS) is 10.4. The summed E-state index contributed by atoms with van der Waals surface area (Å²) in [4.78, 5) is 22.7. The van der Waals surface area contributed by atoms with Gasteiger partial charge in [-0.3, -0.25) is 4.79 Å². The van der Waals surface area contributed by atoms with Crippen LogP contribution in [0, 0.1) is 0 Å². The summed E-state index contributed by atoms with van der Waals surface area (Å²) in [6, 6.07) is 8.46. The SMILES string of the molecule is CCn1cc(C(=O)O)c(=O)cc1-c1cccc(N)c1. The maximum absolute atomic E-state index is 11.8. The van der Waals surface area contributed by atoms with Gasteiger partial charge in [-0.2, -0.15) is 0 Å². The van der Waals surface area contributed by atoms with Gasteiger partial charge in [0.1, 0.15) is 5.56 Å². The molecule has 1 heterocycles. The highest BCUT2D eigenvalue weighted by Crippen LogP contribution is 2.20. The number of aromatic nitrogens is 1. The Kier molecular flexibility index (Phi) is 3.37. The molecule has 1 aromatic heterocycles. The van der Waals surface area contributed by atoms with Crippen LogP contribution in [0.1, 0.15) is 17.3 Å². The zero-order valence-corrected chi connectivity index (χ0v) is 10.5. The fourth-order valence-corrected chi connectivity index (χ4v) is 1.94. The Hall–Kier alpha value is -2.56. The lowest BCUT2D eigenvalue weighted by atomic mass is 10.1. The molecule has 98 valence electrons. The first kappa shape index (κ1) is 12.9. The van der Waals surface area contributed by atoms with Gasteiger partial charge in [-0.15, -0.1) is 0 Å². The molecule has 0 spiro atoms. The molecule has 0 saturated carbocycles. The Labute approximate surface area is 109 Å². The van der Waals surface area contributed by atoms with E-state index in [0.29, 0.717) is 17.9 Å². The topological polar surface area (TPSA) is 85.3 Å². The summed E-state index contributed by atoms with van der Waals surface area (Å²) in [6.07, 6.45) is 1.36. The number of nitrogens with two attached hydrogens (primary N) is 1. The van der Waals surface area contributed by atoms with Crippen molar-refractivity contribution < 1.29 is 9.90 Å². The van der Waals surface area contributed by atoms with Crippen molar-refractivity contribution in [3.8, 4) is 11.3 Å². The Morgan fingerprint density at radius 3 is 2.68 bits per heavy atom. The maximum atomic E-state index is 11.8. The number of carbonyl (C=O) groups is 1. The number of nitrogens with zero attached hydrogens (tertiary/aromatic N) is 1. The standard InChI is InChI=1S/C14H14N2O3/c1-2-16-8-11(14(18)19)13(17)7-12(16)9-4-3-5-10(15)6-9/h3-8H,2,15H2,1H3,(H,18,19). The number of aromatic carboxylic acids is 1. The summed E-state index contributed by atoms with van der Waals surface area (Å²) >= 11 is 0. The van der Waals surface area contributed by atoms with Crippen LogP contribution >= 0.6 is 0 Å². The molecule has 0 aliphatic carbocycles. The minimum atomic E-state index is -1.22. The van der Waals surface area contributed by atoms with E-state index < -0.39 is 11.4 Å². The lowest BCUT2D eigenvalue weighted by Gasteiger charge is -2.12. The molecule has 1 aromatic carbocycles. The van der Waals surface area contributed by atoms with Crippen molar-refractivity contribution in [1.82, 2.24) is 4.57 Å². The molecule has 0 radical (unpaired) electrons. The summed E-state index contributed by atoms with van der Waals surface area (Å²) in [5.74, 6) is -1.22. The number of rotatable bonds is 3. The molecule has 5 heteroatoms. The van der Waals surface area contributed by atoms with Crippen molar-refractivity contribution in [1.29, 1.82) is 0 Å². The van der Waals surface area contributed by atoms with Crippen LogP contribution in [0.5, 0.6) is 0 Å². The second-order valence-electron chi connectivity index (χ2n) is 4.15. The predicted molar refractivity (Wildman–Crippen MR) is 73.2 cm³/mol. The largest absolute Gasteiger partial charge is 0.477 e. The molecule has 19 heavy (non-hydrogen) atoms. The van der Waals surface area contributed by atoms with Gasteiger partial charge in [-0.1, -0.05) is 12.1 Å². The Balaban J connectivity index is 2.67. The van der Waals surface area contributed by atoms with Gasteiger partial charge >= 0.3 is 5.97 Å². The number of carboxylic acid groups (broad SMARTS) is 1. The lowest BCUT2D eigenvalue weighted by molar-refractivity contribution is 0.0694. The fourth-order valence-electron chi connectivity index (χ4n) is 1.94.